The molecule has 0 aromatic heterocycles. The lowest BCUT2D eigenvalue weighted by molar-refractivity contribution is 0.0321. The van der Waals surface area contributed by atoms with Crippen molar-refractivity contribution >= 4 is 0 Å². The normalized spacial score (nSPS) is 19.8. The van der Waals surface area contributed by atoms with E-state index in [0.29, 0.717) is 6.04 Å². The fraction of sp³-hybridized carbons (Fsp3) is 0.353. The second-order valence-corrected chi connectivity index (χ2v) is 5.02. The first kappa shape index (κ1) is 14.5. The molecule has 0 spiro atoms. The molecule has 2 heteroatoms. The van der Waals surface area contributed by atoms with Gasteiger partial charge in [0.05, 0.1) is 6.10 Å². The maximum Gasteiger partial charge on any atom is 0.0973 e. The van der Waals surface area contributed by atoms with Crippen LogP contribution in [0.5, 0.6) is 0 Å². The molecule has 101 valence electrons. The van der Waals surface area contributed by atoms with Crippen LogP contribution in [0.2, 0.25) is 0 Å². The van der Waals surface area contributed by atoms with Gasteiger partial charge in [-0.25, -0.2) is 0 Å². The highest BCUT2D eigenvalue weighted by molar-refractivity contribution is 5.36. The molecule has 0 saturated heterocycles. The molecule has 19 heavy (non-hydrogen) atoms. The van der Waals surface area contributed by atoms with Gasteiger partial charge in [-0.2, -0.15) is 0 Å². The Hall–Kier alpha value is -0.860. The van der Waals surface area contributed by atoms with Crippen LogP contribution >= 0.6 is 0 Å². The minimum absolute atomic E-state index is 0.0983. The summed E-state index contributed by atoms with van der Waals surface area (Å²) in [5.74, 6) is 1.34. The van der Waals surface area contributed by atoms with E-state index in [9.17, 15) is 0 Å². The molecular weight excluding hydrogens is 234 g/mol. The third kappa shape index (κ3) is 3.80. The molecular formula is C17H22NO. The monoisotopic (exact) mass is 256 g/mol. The maximum absolute atomic E-state index is 5.70. The Bertz CT molecular complexity index is 359. The molecule has 1 aromatic rings. The van der Waals surface area contributed by atoms with E-state index >= 15 is 0 Å². The number of nitrogens with zero attached hydrogens (tertiary/aromatic N) is 1. The van der Waals surface area contributed by atoms with Gasteiger partial charge in [-0.3, -0.25) is 0 Å². The first-order chi connectivity index (χ1) is 9.22. The van der Waals surface area contributed by atoms with Crippen molar-refractivity contribution in [3.05, 3.63) is 67.5 Å². The van der Waals surface area contributed by atoms with Crippen LogP contribution in [0.3, 0.4) is 0 Å². The molecule has 0 bridgehead atoms. The van der Waals surface area contributed by atoms with Gasteiger partial charge < -0.3 is 9.64 Å². The minimum atomic E-state index is 0.0983. The van der Waals surface area contributed by atoms with Crippen molar-refractivity contribution in [3.8, 4) is 0 Å². The van der Waals surface area contributed by atoms with E-state index in [1.165, 1.54) is 11.5 Å². The number of ether oxygens (including phenoxy) is 1. The summed E-state index contributed by atoms with van der Waals surface area (Å²) in [7, 11) is 3.93. The summed E-state index contributed by atoms with van der Waals surface area (Å²) in [5.41, 5.74) is 1.23. The van der Waals surface area contributed by atoms with Crippen molar-refractivity contribution in [2.75, 3.05) is 20.7 Å². The van der Waals surface area contributed by atoms with Crippen molar-refractivity contribution in [1.82, 2.24) is 4.90 Å². The third-order valence-corrected chi connectivity index (χ3v) is 3.68. The zero-order valence-electron chi connectivity index (χ0n) is 11.9. The van der Waals surface area contributed by atoms with E-state index < -0.39 is 0 Å². The van der Waals surface area contributed by atoms with E-state index in [1.807, 2.05) is 6.07 Å². The minimum Gasteiger partial charge on any atom is -0.375 e. The molecule has 2 nitrogen and oxygen atoms in total. The molecule has 0 aliphatic heterocycles. The fourth-order valence-corrected chi connectivity index (χ4v) is 2.44. The van der Waals surface area contributed by atoms with Gasteiger partial charge in [0.2, 0.25) is 0 Å². The smallest absolute Gasteiger partial charge is 0.0973 e. The van der Waals surface area contributed by atoms with Gasteiger partial charge in [0.1, 0.15) is 0 Å². The molecule has 0 amide bonds. The Labute approximate surface area is 117 Å². The maximum atomic E-state index is 5.70. The van der Waals surface area contributed by atoms with E-state index in [4.69, 9.17) is 4.74 Å². The Morgan fingerprint density at radius 1 is 1.11 bits per heavy atom. The first-order valence-electron chi connectivity index (χ1n) is 6.71. The standard InChI is InChI=1S/C17H22NO/c1-14(18(2)13-15-9-7-8-10-15)17(19-3)16-11-5-4-6-12-16/h4-12,14,17H,13H2,1-3H3/t14-,17-/m0/s1. The van der Waals surface area contributed by atoms with Crippen molar-refractivity contribution < 1.29 is 4.74 Å². The molecule has 2 rings (SSSR count). The summed E-state index contributed by atoms with van der Waals surface area (Å²) in [4.78, 5) is 2.33. The largest absolute Gasteiger partial charge is 0.375 e. The highest BCUT2D eigenvalue weighted by atomic mass is 16.5. The molecule has 1 aliphatic carbocycles. The summed E-state index contributed by atoms with van der Waals surface area (Å²) in [5, 5.41) is 0. The van der Waals surface area contributed by atoms with Gasteiger partial charge in [0, 0.05) is 19.7 Å². The van der Waals surface area contributed by atoms with Crippen LogP contribution in [0.25, 0.3) is 0 Å². The molecule has 1 aliphatic rings. The van der Waals surface area contributed by atoms with Gasteiger partial charge in [0.15, 0.2) is 0 Å². The van der Waals surface area contributed by atoms with Gasteiger partial charge in [-0.15, -0.1) is 0 Å². The molecule has 1 fully saturated rings. The number of benzene rings is 1. The lowest BCUT2D eigenvalue weighted by Crippen LogP contribution is -2.37. The molecule has 2 atom stereocenters. The van der Waals surface area contributed by atoms with Crippen molar-refractivity contribution in [2.24, 2.45) is 0 Å². The number of rotatable bonds is 6. The summed E-state index contributed by atoms with van der Waals surface area (Å²) in [6.07, 6.45) is 8.58. The molecule has 0 heterocycles. The number of likely N-dealkylation sites (N-methyl/N-ethyl adjacent to an activating group) is 1. The predicted molar refractivity (Wildman–Crippen MR) is 78.7 cm³/mol. The van der Waals surface area contributed by atoms with E-state index in [2.05, 4.69) is 68.8 Å². The Balaban J connectivity index is 1.97. The quantitative estimate of drug-likeness (QED) is 0.775. The van der Waals surface area contributed by atoms with Crippen LogP contribution in [0, 0.1) is 31.6 Å². The van der Waals surface area contributed by atoms with Crippen molar-refractivity contribution in [1.29, 1.82) is 0 Å². The summed E-state index contributed by atoms with van der Waals surface area (Å²) >= 11 is 0. The summed E-state index contributed by atoms with van der Waals surface area (Å²) < 4.78 is 5.70. The van der Waals surface area contributed by atoms with E-state index in [0.717, 1.165) is 6.54 Å². The Morgan fingerprint density at radius 2 is 1.74 bits per heavy atom. The molecule has 0 N–H and O–H groups in total. The van der Waals surface area contributed by atoms with Gasteiger partial charge in [-0.05, 0) is 51.1 Å². The zero-order chi connectivity index (χ0) is 13.7. The van der Waals surface area contributed by atoms with Gasteiger partial charge in [-0.1, -0.05) is 30.3 Å². The predicted octanol–water partition coefficient (Wildman–Crippen LogP) is 3.10. The molecule has 1 aromatic carbocycles. The lowest BCUT2D eigenvalue weighted by atomic mass is 10.0. The van der Waals surface area contributed by atoms with Crippen LogP contribution in [0.4, 0.5) is 0 Å². The van der Waals surface area contributed by atoms with Crippen LogP contribution in [-0.4, -0.2) is 31.6 Å². The summed E-state index contributed by atoms with van der Waals surface area (Å²) in [6.45, 7) is 3.16. The van der Waals surface area contributed by atoms with Gasteiger partial charge in [0.25, 0.3) is 0 Å². The SMILES string of the molecule is CO[C@H](c1ccccc1)[C@H](C)N(C)C[C]1[CH][CH][CH][CH]1. The summed E-state index contributed by atoms with van der Waals surface area (Å²) in [6, 6.07) is 10.7. The fourth-order valence-electron chi connectivity index (χ4n) is 2.44. The van der Waals surface area contributed by atoms with E-state index in [1.54, 1.807) is 7.11 Å². The lowest BCUT2D eigenvalue weighted by Gasteiger charge is -2.32. The average molecular weight is 256 g/mol. The van der Waals surface area contributed by atoms with Crippen molar-refractivity contribution in [2.45, 2.75) is 19.1 Å². The van der Waals surface area contributed by atoms with Crippen LogP contribution < -0.4 is 0 Å². The van der Waals surface area contributed by atoms with Crippen LogP contribution in [0.15, 0.2) is 30.3 Å². The highest BCUT2D eigenvalue weighted by Gasteiger charge is 2.26. The second-order valence-electron chi connectivity index (χ2n) is 5.02. The van der Waals surface area contributed by atoms with E-state index in [-0.39, 0.29) is 6.10 Å². The van der Waals surface area contributed by atoms with Crippen LogP contribution in [-0.2, 0) is 4.74 Å². The van der Waals surface area contributed by atoms with Gasteiger partial charge >= 0.3 is 0 Å². The topological polar surface area (TPSA) is 12.5 Å². The molecule has 5 radical (unpaired) electrons. The first-order valence-corrected chi connectivity index (χ1v) is 6.71. The molecule has 0 unspecified atom stereocenters. The molecule has 1 saturated carbocycles. The number of hydrogen-bond donors (Lipinski definition) is 0. The zero-order valence-corrected chi connectivity index (χ0v) is 11.9. The second kappa shape index (κ2) is 7.06. The number of methoxy groups -OCH3 is 1. The third-order valence-electron chi connectivity index (χ3n) is 3.68. The Kier molecular flexibility index (Phi) is 5.41. The van der Waals surface area contributed by atoms with Crippen molar-refractivity contribution in [3.63, 3.8) is 0 Å². The van der Waals surface area contributed by atoms with Crippen LogP contribution in [0.1, 0.15) is 18.6 Å². The Morgan fingerprint density at radius 3 is 2.32 bits per heavy atom. The average Bonchev–Trinajstić information content (AvgIpc) is 2.93. The highest BCUT2D eigenvalue weighted by Crippen LogP contribution is 2.28. The number of hydrogen-bond acceptors (Lipinski definition) is 2.